The van der Waals surface area contributed by atoms with Crippen LogP contribution in [0.5, 0.6) is 0 Å². The van der Waals surface area contributed by atoms with Crippen molar-refractivity contribution in [2.45, 2.75) is 411 Å². The molecule has 0 aromatic rings. The summed E-state index contributed by atoms with van der Waals surface area (Å²) in [6.07, 6.45) is 93.2. The fraction of sp³-hybridized carbons (Fsp3) is 0.868. The van der Waals surface area contributed by atoms with Gasteiger partial charge in [-0.25, -0.2) is 0 Å². The number of carbonyl (C=O) groups excluding carboxylic acids is 2. The first-order valence-corrected chi connectivity index (χ1v) is 36.9. The second-order valence-corrected chi connectivity index (χ2v) is 25.3. The van der Waals surface area contributed by atoms with Crippen LogP contribution >= 0.6 is 0 Å². The Morgan fingerprint density at radius 2 is 0.610 bits per heavy atom. The number of rotatable bonds is 69. The number of hydrogen-bond acceptors (Lipinski definition) is 5. The van der Waals surface area contributed by atoms with Gasteiger partial charge in [-0.3, -0.25) is 9.59 Å². The largest absolute Gasteiger partial charge is 0.466 e. The molecule has 482 valence electrons. The van der Waals surface area contributed by atoms with Crippen LogP contribution in [0.3, 0.4) is 0 Å². The minimum atomic E-state index is -0.663. The van der Waals surface area contributed by atoms with E-state index in [-0.39, 0.29) is 18.5 Å². The molecular weight excluding hydrogens is 1010 g/mol. The molecule has 0 aliphatic rings. The summed E-state index contributed by atoms with van der Waals surface area (Å²) < 4.78 is 5.50. The molecule has 82 heavy (non-hydrogen) atoms. The Hall–Kier alpha value is -2.18. The average Bonchev–Trinajstić information content (AvgIpc) is 3.48. The fourth-order valence-corrected chi connectivity index (χ4v) is 11.5. The molecule has 2 unspecified atom stereocenters. The SMILES string of the molecule is CCCCCC/C=C\C/C=C\CCCCCCCCCC(=O)OCCCCCCCCCCC/C=C\C/C=C\CCCCCCCCCCCCCCCCCCCC(=O)NC(CO)C(O)CCCCCCCCCCCCCCCC. The molecule has 6 nitrogen and oxygen atoms in total. The molecule has 0 saturated carbocycles. The van der Waals surface area contributed by atoms with Crippen LogP contribution in [0.1, 0.15) is 399 Å². The zero-order chi connectivity index (χ0) is 59.2. The fourth-order valence-electron chi connectivity index (χ4n) is 11.5. The van der Waals surface area contributed by atoms with Crippen LogP contribution < -0.4 is 5.32 Å². The Morgan fingerprint density at radius 1 is 0.341 bits per heavy atom. The van der Waals surface area contributed by atoms with Gasteiger partial charge >= 0.3 is 5.97 Å². The molecule has 3 N–H and O–H groups in total. The first-order chi connectivity index (χ1) is 40.5. The summed E-state index contributed by atoms with van der Waals surface area (Å²) >= 11 is 0. The molecular formula is C76H143NO5. The number of carbonyl (C=O) groups is 2. The highest BCUT2D eigenvalue weighted by Gasteiger charge is 2.20. The average molecular weight is 1150 g/mol. The third-order valence-electron chi connectivity index (χ3n) is 17.1. The summed E-state index contributed by atoms with van der Waals surface area (Å²) in [5, 5.41) is 23.3. The molecule has 1 amide bonds. The lowest BCUT2D eigenvalue weighted by Gasteiger charge is -2.22. The van der Waals surface area contributed by atoms with Crippen molar-refractivity contribution in [2.24, 2.45) is 0 Å². The van der Waals surface area contributed by atoms with E-state index >= 15 is 0 Å². The molecule has 0 bridgehead atoms. The third kappa shape index (κ3) is 67.0. The van der Waals surface area contributed by atoms with Gasteiger partial charge in [-0.2, -0.15) is 0 Å². The minimum absolute atomic E-state index is 0.00706. The molecule has 0 rings (SSSR count). The van der Waals surface area contributed by atoms with E-state index in [1.165, 1.54) is 308 Å². The van der Waals surface area contributed by atoms with Crippen LogP contribution in [0, 0.1) is 0 Å². The van der Waals surface area contributed by atoms with Crippen LogP contribution in [-0.4, -0.2) is 47.4 Å². The van der Waals surface area contributed by atoms with E-state index in [1.807, 2.05) is 0 Å². The molecule has 0 saturated heterocycles. The Morgan fingerprint density at radius 3 is 0.939 bits per heavy atom. The lowest BCUT2D eigenvalue weighted by molar-refractivity contribution is -0.143. The second-order valence-electron chi connectivity index (χ2n) is 25.3. The van der Waals surface area contributed by atoms with Crippen molar-refractivity contribution < 1.29 is 24.5 Å². The number of ether oxygens (including phenoxy) is 1. The van der Waals surface area contributed by atoms with E-state index in [1.54, 1.807) is 0 Å². The van der Waals surface area contributed by atoms with E-state index in [2.05, 4.69) is 67.8 Å². The smallest absolute Gasteiger partial charge is 0.305 e. The standard InChI is InChI=1S/C76H143NO5/c1-3-5-7-9-11-13-15-17-19-20-39-42-46-50-54-58-62-66-70-76(81)82-71-67-63-59-55-51-47-43-40-37-35-33-31-29-27-25-23-21-22-24-26-28-30-32-34-36-38-41-45-49-53-57-61-65-69-75(80)77-73(72-78)74(79)68-64-60-56-52-48-44-18-16-14-12-10-8-6-4-2/h13,15,19-20,25,27,31,33,73-74,78-79H,3-12,14,16-18,21-24,26,28-30,32,34-72H2,1-2H3,(H,77,80)/b15-13-,20-19-,27-25-,33-31-. The van der Waals surface area contributed by atoms with E-state index in [0.717, 1.165) is 57.8 Å². The van der Waals surface area contributed by atoms with Crippen molar-refractivity contribution in [1.82, 2.24) is 5.32 Å². The molecule has 0 aromatic heterocycles. The summed E-state index contributed by atoms with van der Waals surface area (Å²) in [6, 6.07) is -0.540. The number of hydrogen-bond donors (Lipinski definition) is 3. The van der Waals surface area contributed by atoms with E-state index in [9.17, 15) is 19.8 Å². The van der Waals surface area contributed by atoms with Crippen LogP contribution in [0.15, 0.2) is 48.6 Å². The van der Waals surface area contributed by atoms with Crippen molar-refractivity contribution in [1.29, 1.82) is 0 Å². The van der Waals surface area contributed by atoms with Gasteiger partial charge in [-0.15, -0.1) is 0 Å². The predicted octanol–water partition coefficient (Wildman–Crippen LogP) is 24.0. The van der Waals surface area contributed by atoms with Gasteiger partial charge in [0.05, 0.1) is 25.4 Å². The quantitative estimate of drug-likeness (QED) is 0.0320. The minimum Gasteiger partial charge on any atom is -0.466 e. The highest BCUT2D eigenvalue weighted by molar-refractivity contribution is 5.76. The summed E-state index contributed by atoms with van der Waals surface area (Å²) in [7, 11) is 0. The molecule has 2 atom stereocenters. The summed E-state index contributed by atoms with van der Waals surface area (Å²) in [6.45, 7) is 4.96. The van der Waals surface area contributed by atoms with E-state index in [0.29, 0.717) is 25.9 Å². The molecule has 0 aliphatic carbocycles. The lowest BCUT2D eigenvalue weighted by Crippen LogP contribution is -2.45. The normalized spacial score (nSPS) is 12.8. The van der Waals surface area contributed by atoms with Gasteiger partial charge in [0.25, 0.3) is 0 Å². The van der Waals surface area contributed by atoms with Crippen molar-refractivity contribution in [3.05, 3.63) is 48.6 Å². The van der Waals surface area contributed by atoms with Crippen molar-refractivity contribution in [3.63, 3.8) is 0 Å². The van der Waals surface area contributed by atoms with Gasteiger partial charge < -0.3 is 20.3 Å². The van der Waals surface area contributed by atoms with Crippen molar-refractivity contribution in [2.75, 3.05) is 13.2 Å². The monoisotopic (exact) mass is 1150 g/mol. The van der Waals surface area contributed by atoms with Gasteiger partial charge in [0.15, 0.2) is 0 Å². The van der Waals surface area contributed by atoms with Gasteiger partial charge in [0.1, 0.15) is 0 Å². The van der Waals surface area contributed by atoms with Gasteiger partial charge in [0, 0.05) is 12.8 Å². The van der Waals surface area contributed by atoms with Gasteiger partial charge in [-0.1, -0.05) is 345 Å². The van der Waals surface area contributed by atoms with Gasteiger partial charge in [-0.05, 0) is 89.9 Å². The number of aliphatic hydroxyl groups excluding tert-OH is 2. The Kier molecular flexibility index (Phi) is 69.4. The highest BCUT2D eigenvalue weighted by atomic mass is 16.5. The predicted molar refractivity (Wildman–Crippen MR) is 361 cm³/mol. The zero-order valence-corrected chi connectivity index (χ0v) is 55.2. The first-order valence-electron chi connectivity index (χ1n) is 36.9. The van der Waals surface area contributed by atoms with E-state index in [4.69, 9.17) is 4.74 Å². The number of allylic oxidation sites excluding steroid dienone is 8. The van der Waals surface area contributed by atoms with Crippen molar-refractivity contribution in [3.8, 4) is 0 Å². The van der Waals surface area contributed by atoms with Crippen LogP contribution in [0.4, 0.5) is 0 Å². The van der Waals surface area contributed by atoms with Gasteiger partial charge in [0.2, 0.25) is 5.91 Å². The first kappa shape index (κ1) is 79.8. The second kappa shape index (κ2) is 71.3. The summed E-state index contributed by atoms with van der Waals surface area (Å²) in [5.74, 6) is -0.0240. The van der Waals surface area contributed by atoms with E-state index < -0.39 is 12.1 Å². The number of amides is 1. The third-order valence-corrected chi connectivity index (χ3v) is 17.1. The molecule has 0 aliphatic heterocycles. The van der Waals surface area contributed by atoms with Crippen LogP contribution in [0.2, 0.25) is 0 Å². The number of nitrogens with one attached hydrogen (secondary N) is 1. The molecule has 0 radical (unpaired) electrons. The molecule has 0 spiro atoms. The van der Waals surface area contributed by atoms with Crippen molar-refractivity contribution >= 4 is 11.9 Å². The summed E-state index contributed by atoms with van der Waals surface area (Å²) in [4.78, 5) is 24.6. The Labute approximate surface area is 512 Å². The van der Waals surface area contributed by atoms with Crippen LogP contribution in [-0.2, 0) is 14.3 Å². The highest BCUT2D eigenvalue weighted by Crippen LogP contribution is 2.19. The Balaban J connectivity index is 3.37. The summed E-state index contributed by atoms with van der Waals surface area (Å²) in [5.41, 5.74) is 0. The maximum Gasteiger partial charge on any atom is 0.305 e. The maximum absolute atomic E-state index is 12.5. The number of aliphatic hydroxyl groups is 2. The molecule has 6 heteroatoms. The molecule has 0 fully saturated rings. The lowest BCUT2D eigenvalue weighted by atomic mass is 10.0. The maximum atomic E-state index is 12.5. The number of esters is 1. The number of unbranched alkanes of at least 4 members (excludes halogenated alkanes) is 50. The molecule has 0 heterocycles. The molecule has 0 aromatic carbocycles. The topological polar surface area (TPSA) is 95.9 Å². The zero-order valence-electron chi connectivity index (χ0n) is 55.2. The van der Waals surface area contributed by atoms with Crippen LogP contribution in [0.25, 0.3) is 0 Å². The Bertz CT molecular complexity index is 1370.